The number of carbonyl (C=O) groups is 4. The van der Waals surface area contributed by atoms with Crippen LogP contribution in [0.3, 0.4) is 0 Å². The van der Waals surface area contributed by atoms with Crippen molar-refractivity contribution in [1.82, 2.24) is 0 Å². The van der Waals surface area contributed by atoms with Crippen molar-refractivity contribution >= 4 is 59.0 Å². The average molecular weight is 509 g/mol. The molecule has 34 heavy (non-hydrogen) atoms. The molecule has 1 aliphatic rings. The van der Waals surface area contributed by atoms with Gasteiger partial charge in [-0.05, 0) is 39.8 Å². The van der Waals surface area contributed by atoms with E-state index in [1.807, 2.05) is 0 Å². The fourth-order valence-electron chi connectivity index (χ4n) is 3.02. The number of carbonyl (C=O) groups excluding carboxylic acids is 4. The van der Waals surface area contributed by atoms with Crippen LogP contribution in [0.5, 0.6) is 0 Å². The number of anilines is 2. The van der Waals surface area contributed by atoms with E-state index in [9.17, 15) is 19.2 Å². The highest BCUT2D eigenvalue weighted by Gasteiger charge is 2.44. The number of benzene rings is 1. The standard InChI is InChI=1S/C22H28N2O8.Al.ClH/c1-5-29-19(25)15(20(26)30-6-2)13-23-17-11-9-10-12-18(17)24-14-16(21(27)31-7-3)22(28)32-8-4;;/h9-14H,5-8H2,1-4H3,(H2,23,24,25,26,27,28);;1H/q;+3;/p-3. The van der Waals surface area contributed by atoms with Gasteiger partial charge in [-0.15, -0.1) is 0 Å². The smallest absolute Gasteiger partial charge is 0.462 e. The molecule has 2 rings (SSSR count). The lowest BCUT2D eigenvalue weighted by Gasteiger charge is -2.20. The third-order valence-corrected chi connectivity index (χ3v) is 7.45. The van der Waals surface area contributed by atoms with Crippen LogP contribution < -0.4 is 7.77 Å². The van der Waals surface area contributed by atoms with Crippen molar-refractivity contribution in [3.63, 3.8) is 0 Å². The summed E-state index contributed by atoms with van der Waals surface area (Å²) in [5, 5.41) is 0. The molecule has 0 aliphatic carbocycles. The van der Waals surface area contributed by atoms with Gasteiger partial charge in [0, 0.05) is 23.8 Å². The van der Waals surface area contributed by atoms with E-state index in [2.05, 4.69) is 0 Å². The lowest BCUT2D eigenvalue weighted by atomic mass is 10.2. The van der Waals surface area contributed by atoms with E-state index in [-0.39, 0.29) is 37.6 Å². The van der Waals surface area contributed by atoms with Crippen molar-refractivity contribution in [2.45, 2.75) is 27.7 Å². The van der Waals surface area contributed by atoms with E-state index in [4.69, 9.17) is 29.0 Å². The third kappa shape index (κ3) is 6.32. The van der Waals surface area contributed by atoms with Crippen molar-refractivity contribution in [2.24, 2.45) is 0 Å². The first-order valence-electron chi connectivity index (χ1n) is 10.7. The second-order valence-electron chi connectivity index (χ2n) is 6.58. The summed E-state index contributed by atoms with van der Waals surface area (Å²) in [7, 11) is 6.82. The molecule has 0 aromatic heterocycles. The van der Waals surface area contributed by atoms with Gasteiger partial charge in [-0.3, -0.25) is 0 Å². The molecule has 0 radical (unpaired) electrons. The van der Waals surface area contributed by atoms with Gasteiger partial charge < -0.3 is 26.7 Å². The highest BCUT2D eigenvalue weighted by molar-refractivity contribution is 7.12. The van der Waals surface area contributed by atoms with E-state index in [0.717, 1.165) is 0 Å². The number of para-hydroxylation sites is 2. The zero-order valence-electron chi connectivity index (χ0n) is 19.4. The van der Waals surface area contributed by atoms with Gasteiger partial charge in [0.05, 0.1) is 26.4 Å². The SMILES string of the molecule is CCOC(=O)C(=C[N]1c2ccccc2[N](C=C(C(=O)OCC)C(=O)OCC)[Al]1[Cl])C(=O)OCC. The number of rotatable bonds is 10. The minimum absolute atomic E-state index is 0.0607. The molecule has 1 aromatic carbocycles. The number of esters is 4. The van der Waals surface area contributed by atoms with Crippen molar-refractivity contribution < 1.29 is 38.1 Å². The molecule has 0 bridgehead atoms. The van der Waals surface area contributed by atoms with Crippen molar-refractivity contribution in [3.8, 4) is 0 Å². The number of hydrogen-bond donors (Lipinski definition) is 0. The Hall–Kier alpha value is -3.00. The molecule has 0 amide bonds. The first-order valence-corrected chi connectivity index (χ1v) is 13.5. The Balaban J connectivity index is 2.58. The van der Waals surface area contributed by atoms with E-state index >= 15 is 0 Å². The van der Waals surface area contributed by atoms with Gasteiger partial charge in [0.2, 0.25) is 0 Å². The van der Waals surface area contributed by atoms with Gasteiger partial charge >= 0.3 is 37.5 Å². The first kappa shape index (κ1) is 27.2. The van der Waals surface area contributed by atoms with Crippen LogP contribution >= 0.6 is 10.0 Å². The predicted molar refractivity (Wildman–Crippen MR) is 126 cm³/mol. The Bertz CT molecular complexity index is 880. The Morgan fingerprint density at radius 1 is 0.706 bits per heavy atom. The van der Waals surface area contributed by atoms with Crippen LogP contribution in [-0.4, -0.2) is 64.0 Å². The number of nitrogens with zero attached hydrogens (tertiary/aromatic N) is 2. The molecule has 12 heteroatoms. The molecular weight excluding hydrogens is 483 g/mol. The summed E-state index contributed by atoms with van der Waals surface area (Å²) in [6.07, 6.45) is 2.56. The molecule has 0 saturated heterocycles. The average Bonchev–Trinajstić information content (AvgIpc) is 3.06. The van der Waals surface area contributed by atoms with Crippen LogP contribution in [-0.2, 0) is 38.1 Å². The lowest BCUT2D eigenvalue weighted by molar-refractivity contribution is -0.148. The highest BCUT2D eigenvalue weighted by atomic mass is 35.6. The molecule has 0 saturated carbocycles. The van der Waals surface area contributed by atoms with Crippen LogP contribution in [0.25, 0.3) is 0 Å². The third-order valence-electron chi connectivity index (χ3n) is 4.41. The predicted octanol–water partition coefficient (Wildman–Crippen LogP) is 2.56. The molecule has 182 valence electrons. The van der Waals surface area contributed by atoms with Gasteiger partial charge in [0.25, 0.3) is 0 Å². The Morgan fingerprint density at radius 2 is 1.00 bits per heavy atom. The molecule has 0 unspecified atom stereocenters. The molecule has 0 spiro atoms. The number of hydrogen-bond acceptors (Lipinski definition) is 10. The van der Waals surface area contributed by atoms with Crippen molar-refractivity contribution in [3.05, 3.63) is 47.8 Å². The van der Waals surface area contributed by atoms with Gasteiger partial charge in [0.1, 0.15) is 0 Å². The van der Waals surface area contributed by atoms with Crippen LogP contribution in [0.15, 0.2) is 47.8 Å². The summed E-state index contributed by atoms with van der Waals surface area (Å²) >= 11 is -2.77. The maximum absolute atomic E-state index is 12.5. The normalized spacial score (nSPS) is 11.9. The minimum atomic E-state index is -2.77. The summed E-state index contributed by atoms with van der Waals surface area (Å²) in [6, 6.07) is 6.95. The minimum Gasteiger partial charge on any atom is -0.462 e. The van der Waals surface area contributed by atoms with Gasteiger partial charge in [-0.1, -0.05) is 12.1 Å². The number of halogens is 1. The van der Waals surface area contributed by atoms with Gasteiger partial charge in [0.15, 0.2) is 11.1 Å². The number of fused-ring (bicyclic) bond motifs is 1. The summed E-state index contributed by atoms with van der Waals surface area (Å²) < 4.78 is 23.1. The molecule has 1 aromatic rings. The quantitative estimate of drug-likeness (QED) is 0.117. The highest BCUT2D eigenvalue weighted by Crippen LogP contribution is 2.40. The maximum Gasteiger partial charge on any atom is 0.716 e. The second kappa shape index (κ2) is 13.0. The molecule has 10 nitrogen and oxygen atoms in total. The summed E-state index contributed by atoms with van der Waals surface area (Å²) in [4.78, 5) is 49.8. The molecule has 0 fully saturated rings. The lowest BCUT2D eigenvalue weighted by Crippen LogP contribution is -2.40. The van der Waals surface area contributed by atoms with Gasteiger partial charge in [-0.25, -0.2) is 19.2 Å². The Kier molecular flexibility index (Phi) is 10.4. The maximum atomic E-state index is 12.5. The van der Waals surface area contributed by atoms with Crippen LogP contribution in [0, 0.1) is 0 Å². The van der Waals surface area contributed by atoms with Crippen LogP contribution in [0.2, 0.25) is 0 Å². The van der Waals surface area contributed by atoms with Gasteiger partial charge in [-0.2, -0.15) is 10.0 Å². The molecule has 0 N–H and O–H groups in total. The summed E-state index contributed by atoms with van der Waals surface area (Å²) in [5.41, 5.74) is 0.448. The van der Waals surface area contributed by atoms with E-state index in [1.165, 1.54) is 12.4 Å². The van der Waals surface area contributed by atoms with Crippen molar-refractivity contribution in [2.75, 3.05) is 34.2 Å². The molecule has 1 aliphatic heterocycles. The first-order chi connectivity index (χ1) is 16.3. The Labute approximate surface area is 206 Å². The van der Waals surface area contributed by atoms with E-state index in [0.29, 0.717) is 11.4 Å². The van der Waals surface area contributed by atoms with Crippen molar-refractivity contribution in [1.29, 1.82) is 0 Å². The second-order valence-corrected chi connectivity index (χ2v) is 9.49. The number of ether oxygens (including phenoxy) is 4. The Morgan fingerprint density at radius 3 is 1.26 bits per heavy atom. The van der Waals surface area contributed by atoms with E-state index in [1.54, 1.807) is 59.7 Å². The fourth-order valence-corrected chi connectivity index (χ4v) is 5.69. The van der Waals surface area contributed by atoms with Crippen LogP contribution in [0.1, 0.15) is 27.7 Å². The summed E-state index contributed by atoms with van der Waals surface area (Å²) in [6.45, 7) is 6.70. The van der Waals surface area contributed by atoms with E-state index < -0.39 is 37.5 Å². The molecule has 1 heterocycles. The monoisotopic (exact) mass is 508 g/mol. The molecular formula is C22H26AlClN2O8. The molecule has 0 atom stereocenters. The largest absolute Gasteiger partial charge is 0.716 e. The van der Waals surface area contributed by atoms with Crippen LogP contribution in [0.4, 0.5) is 11.4 Å². The fraction of sp³-hybridized carbons (Fsp3) is 0.364. The summed E-state index contributed by atoms with van der Waals surface area (Å²) in [5.74, 6) is -3.43. The zero-order valence-corrected chi connectivity index (χ0v) is 21.3. The topological polar surface area (TPSA) is 112 Å². The zero-order chi connectivity index (χ0) is 25.3.